The molecule has 0 unspecified atom stereocenters. The molecule has 0 spiro atoms. The van der Waals surface area contributed by atoms with Crippen LogP contribution in [-0.4, -0.2) is 11.8 Å². The molecular formula is C14H17NO2. The molecule has 1 N–H and O–H groups in total. The van der Waals surface area contributed by atoms with E-state index < -0.39 is 5.41 Å². The summed E-state index contributed by atoms with van der Waals surface area (Å²) in [5.74, 6) is -0.157. The standard InChI is InChI=1S/C14H17NO2/c1-10(2)14(11-6-4-3-5-7-11)9-8-12(16)15-13(14)17/h3-7,10H,8-9H2,1-2H3,(H,15,16,17)/t14-/m0/s1. The van der Waals surface area contributed by atoms with Crippen LogP contribution < -0.4 is 5.32 Å². The predicted octanol–water partition coefficient (Wildman–Crippen LogP) is 2.02. The van der Waals surface area contributed by atoms with Crippen LogP contribution >= 0.6 is 0 Å². The zero-order valence-electron chi connectivity index (χ0n) is 10.2. The van der Waals surface area contributed by atoms with Crippen LogP contribution in [0, 0.1) is 5.92 Å². The minimum Gasteiger partial charge on any atom is -0.296 e. The van der Waals surface area contributed by atoms with E-state index in [1.165, 1.54) is 0 Å². The van der Waals surface area contributed by atoms with Crippen molar-refractivity contribution in [3.63, 3.8) is 0 Å². The maximum absolute atomic E-state index is 12.2. The van der Waals surface area contributed by atoms with E-state index in [-0.39, 0.29) is 17.7 Å². The first kappa shape index (κ1) is 11.8. The smallest absolute Gasteiger partial charge is 0.237 e. The first-order valence-electron chi connectivity index (χ1n) is 5.97. The largest absolute Gasteiger partial charge is 0.296 e. The minimum atomic E-state index is -0.560. The quantitative estimate of drug-likeness (QED) is 0.791. The molecule has 1 saturated heterocycles. The number of nitrogens with one attached hydrogen (secondary N) is 1. The fourth-order valence-corrected chi connectivity index (χ4v) is 2.62. The van der Waals surface area contributed by atoms with Gasteiger partial charge < -0.3 is 0 Å². The van der Waals surface area contributed by atoms with E-state index in [0.717, 1.165) is 5.56 Å². The Balaban J connectivity index is 2.47. The van der Waals surface area contributed by atoms with Crippen molar-refractivity contribution in [2.24, 2.45) is 5.92 Å². The lowest BCUT2D eigenvalue weighted by Gasteiger charge is -2.39. The van der Waals surface area contributed by atoms with Crippen molar-refractivity contribution in [2.45, 2.75) is 32.1 Å². The van der Waals surface area contributed by atoms with Crippen LogP contribution in [0.15, 0.2) is 30.3 Å². The summed E-state index contributed by atoms with van der Waals surface area (Å²) < 4.78 is 0. The molecule has 1 aromatic rings. The molecule has 1 aromatic carbocycles. The van der Waals surface area contributed by atoms with Crippen LogP contribution in [-0.2, 0) is 15.0 Å². The third-order valence-corrected chi connectivity index (χ3v) is 3.68. The number of hydrogen-bond donors (Lipinski definition) is 1. The Hall–Kier alpha value is -1.64. The maximum Gasteiger partial charge on any atom is 0.237 e. The van der Waals surface area contributed by atoms with Gasteiger partial charge in [-0.25, -0.2) is 0 Å². The van der Waals surface area contributed by atoms with E-state index >= 15 is 0 Å². The van der Waals surface area contributed by atoms with Crippen molar-refractivity contribution < 1.29 is 9.59 Å². The second-order valence-electron chi connectivity index (χ2n) is 4.87. The Morgan fingerprint density at radius 3 is 2.35 bits per heavy atom. The molecule has 1 heterocycles. The highest BCUT2D eigenvalue weighted by Crippen LogP contribution is 2.39. The molecule has 0 saturated carbocycles. The lowest BCUT2D eigenvalue weighted by molar-refractivity contribution is -0.139. The van der Waals surface area contributed by atoms with Crippen molar-refractivity contribution in [1.82, 2.24) is 5.32 Å². The Bertz CT molecular complexity index is 439. The van der Waals surface area contributed by atoms with Crippen LogP contribution in [0.25, 0.3) is 0 Å². The van der Waals surface area contributed by atoms with E-state index in [2.05, 4.69) is 5.32 Å². The van der Waals surface area contributed by atoms with Gasteiger partial charge in [-0.15, -0.1) is 0 Å². The molecule has 17 heavy (non-hydrogen) atoms. The summed E-state index contributed by atoms with van der Waals surface area (Å²) in [7, 11) is 0. The van der Waals surface area contributed by atoms with E-state index in [9.17, 15) is 9.59 Å². The number of carbonyl (C=O) groups is 2. The van der Waals surface area contributed by atoms with Gasteiger partial charge in [0.25, 0.3) is 0 Å². The van der Waals surface area contributed by atoms with Crippen molar-refractivity contribution in [2.75, 3.05) is 0 Å². The normalized spacial score (nSPS) is 24.9. The number of hydrogen-bond acceptors (Lipinski definition) is 2. The predicted molar refractivity (Wildman–Crippen MR) is 65.3 cm³/mol. The van der Waals surface area contributed by atoms with Crippen LogP contribution in [0.5, 0.6) is 0 Å². The van der Waals surface area contributed by atoms with Gasteiger partial charge in [0.2, 0.25) is 11.8 Å². The molecule has 2 amide bonds. The lowest BCUT2D eigenvalue weighted by Crippen LogP contribution is -2.54. The minimum absolute atomic E-state index is 0.157. The molecule has 3 heteroatoms. The van der Waals surface area contributed by atoms with Crippen LogP contribution in [0.3, 0.4) is 0 Å². The zero-order chi connectivity index (χ0) is 12.5. The maximum atomic E-state index is 12.2. The van der Waals surface area contributed by atoms with Crippen molar-refractivity contribution in [3.8, 4) is 0 Å². The summed E-state index contributed by atoms with van der Waals surface area (Å²) in [6.45, 7) is 4.06. The Labute approximate surface area is 101 Å². The SMILES string of the molecule is CC(C)[C@]1(c2ccccc2)CCC(=O)NC1=O. The van der Waals surface area contributed by atoms with Crippen molar-refractivity contribution in [1.29, 1.82) is 0 Å². The topological polar surface area (TPSA) is 46.2 Å². The monoisotopic (exact) mass is 231 g/mol. The Kier molecular flexibility index (Phi) is 3.01. The van der Waals surface area contributed by atoms with Gasteiger partial charge in [-0.3, -0.25) is 14.9 Å². The van der Waals surface area contributed by atoms with Gasteiger partial charge >= 0.3 is 0 Å². The number of rotatable bonds is 2. The van der Waals surface area contributed by atoms with Gasteiger partial charge in [-0.05, 0) is 17.9 Å². The molecule has 0 bridgehead atoms. The molecular weight excluding hydrogens is 214 g/mol. The molecule has 1 atom stereocenters. The molecule has 1 aliphatic rings. The Morgan fingerprint density at radius 1 is 1.18 bits per heavy atom. The fourth-order valence-electron chi connectivity index (χ4n) is 2.62. The van der Waals surface area contributed by atoms with E-state index in [1.807, 2.05) is 44.2 Å². The Morgan fingerprint density at radius 2 is 1.82 bits per heavy atom. The fraction of sp³-hybridized carbons (Fsp3) is 0.429. The van der Waals surface area contributed by atoms with E-state index in [0.29, 0.717) is 12.8 Å². The summed E-state index contributed by atoms with van der Waals surface area (Å²) in [6.07, 6.45) is 1.01. The number of amides is 2. The zero-order valence-corrected chi connectivity index (χ0v) is 10.2. The summed E-state index contributed by atoms with van der Waals surface area (Å²) in [6, 6.07) is 9.74. The highest BCUT2D eigenvalue weighted by Gasteiger charge is 2.46. The van der Waals surface area contributed by atoms with Crippen LogP contribution in [0.4, 0.5) is 0 Å². The van der Waals surface area contributed by atoms with E-state index in [4.69, 9.17) is 0 Å². The molecule has 1 fully saturated rings. The molecule has 0 radical (unpaired) electrons. The van der Waals surface area contributed by atoms with Gasteiger partial charge in [-0.2, -0.15) is 0 Å². The highest BCUT2D eigenvalue weighted by molar-refractivity contribution is 6.03. The second-order valence-corrected chi connectivity index (χ2v) is 4.87. The first-order valence-corrected chi connectivity index (χ1v) is 5.97. The van der Waals surface area contributed by atoms with Gasteiger partial charge in [0.15, 0.2) is 0 Å². The molecule has 2 rings (SSSR count). The molecule has 0 aliphatic carbocycles. The number of imide groups is 1. The van der Waals surface area contributed by atoms with Crippen LogP contribution in [0.1, 0.15) is 32.3 Å². The molecule has 90 valence electrons. The molecule has 1 aliphatic heterocycles. The van der Waals surface area contributed by atoms with Gasteiger partial charge in [0, 0.05) is 6.42 Å². The summed E-state index contributed by atoms with van der Waals surface area (Å²) in [5.41, 5.74) is 0.440. The first-order chi connectivity index (χ1) is 8.07. The average molecular weight is 231 g/mol. The highest BCUT2D eigenvalue weighted by atomic mass is 16.2. The summed E-state index contributed by atoms with van der Waals surface area (Å²) >= 11 is 0. The second kappa shape index (κ2) is 4.32. The van der Waals surface area contributed by atoms with E-state index in [1.54, 1.807) is 0 Å². The van der Waals surface area contributed by atoms with Crippen molar-refractivity contribution in [3.05, 3.63) is 35.9 Å². The third-order valence-electron chi connectivity index (χ3n) is 3.68. The molecule has 0 aromatic heterocycles. The van der Waals surface area contributed by atoms with Gasteiger partial charge in [-0.1, -0.05) is 44.2 Å². The number of benzene rings is 1. The number of piperidine rings is 1. The van der Waals surface area contributed by atoms with Gasteiger partial charge in [0.1, 0.15) is 0 Å². The van der Waals surface area contributed by atoms with Crippen molar-refractivity contribution >= 4 is 11.8 Å². The van der Waals surface area contributed by atoms with Gasteiger partial charge in [0.05, 0.1) is 5.41 Å². The number of carbonyl (C=O) groups excluding carboxylic acids is 2. The lowest BCUT2D eigenvalue weighted by atomic mass is 9.66. The summed E-state index contributed by atoms with van der Waals surface area (Å²) in [5, 5.41) is 2.47. The average Bonchev–Trinajstić information content (AvgIpc) is 2.30. The van der Waals surface area contributed by atoms with Crippen LogP contribution in [0.2, 0.25) is 0 Å². The molecule has 3 nitrogen and oxygen atoms in total. The summed E-state index contributed by atoms with van der Waals surface area (Å²) in [4.78, 5) is 23.5. The third kappa shape index (κ3) is 1.86.